The van der Waals surface area contributed by atoms with Gasteiger partial charge >= 0.3 is 5.97 Å². The Morgan fingerprint density at radius 1 is 1.26 bits per heavy atom. The monoisotopic (exact) mass is 282 g/mol. The van der Waals surface area contributed by atoms with Gasteiger partial charge in [0, 0.05) is 5.56 Å². The summed E-state index contributed by atoms with van der Waals surface area (Å²) in [5, 5.41) is 20.2. The van der Waals surface area contributed by atoms with Crippen LogP contribution in [0.15, 0.2) is 6.07 Å². The van der Waals surface area contributed by atoms with Crippen LogP contribution in [0.4, 0.5) is 0 Å². The fourth-order valence-corrected chi connectivity index (χ4v) is 3.23. The minimum absolute atomic E-state index is 0.0610. The Kier molecular flexibility index (Phi) is 3.77. The predicted octanol–water partition coefficient (Wildman–Crippen LogP) is 3.95. The molecule has 1 aromatic rings. The van der Waals surface area contributed by atoms with Crippen LogP contribution in [-0.4, -0.2) is 16.2 Å². The molecule has 1 fully saturated rings. The van der Waals surface area contributed by atoms with Gasteiger partial charge in [-0.1, -0.05) is 36.9 Å². The molecule has 19 heavy (non-hydrogen) atoms. The summed E-state index contributed by atoms with van der Waals surface area (Å²) < 4.78 is 0. The number of carbonyl (C=O) groups is 1. The van der Waals surface area contributed by atoms with E-state index in [1.807, 2.05) is 13.8 Å². The first-order valence-electron chi connectivity index (χ1n) is 6.62. The van der Waals surface area contributed by atoms with E-state index in [9.17, 15) is 15.0 Å². The van der Waals surface area contributed by atoms with Gasteiger partial charge in [0.1, 0.15) is 5.75 Å². The highest BCUT2D eigenvalue weighted by Gasteiger charge is 2.43. The highest BCUT2D eigenvalue weighted by Crippen LogP contribution is 2.46. The van der Waals surface area contributed by atoms with Gasteiger partial charge in [0.15, 0.2) is 0 Å². The van der Waals surface area contributed by atoms with Crippen molar-refractivity contribution >= 4 is 17.6 Å². The number of phenols is 1. The molecule has 1 saturated carbocycles. The molecule has 1 aromatic carbocycles. The normalized spacial score (nSPS) is 18.3. The van der Waals surface area contributed by atoms with E-state index in [0.717, 1.165) is 30.4 Å². The maximum Gasteiger partial charge on any atom is 0.314 e. The van der Waals surface area contributed by atoms with Crippen LogP contribution < -0.4 is 0 Å². The van der Waals surface area contributed by atoms with Crippen molar-refractivity contribution in [2.24, 2.45) is 0 Å². The molecular formula is C15H19ClO3. The van der Waals surface area contributed by atoms with Crippen LogP contribution in [0.3, 0.4) is 0 Å². The van der Waals surface area contributed by atoms with Gasteiger partial charge in [-0.05, 0) is 37.8 Å². The van der Waals surface area contributed by atoms with Gasteiger partial charge in [-0.15, -0.1) is 0 Å². The molecule has 0 aliphatic heterocycles. The molecule has 1 aliphatic rings. The number of benzene rings is 1. The Bertz CT molecular complexity index is 517. The molecule has 4 heteroatoms. The van der Waals surface area contributed by atoms with Crippen LogP contribution >= 0.6 is 11.6 Å². The zero-order valence-corrected chi connectivity index (χ0v) is 12.0. The number of carboxylic acid groups (broad SMARTS) is 1. The van der Waals surface area contributed by atoms with Gasteiger partial charge in [0.05, 0.1) is 10.4 Å². The van der Waals surface area contributed by atoms with E-state index < -0.39 is 11.4 Å². The molecule has 0 spiro atoms. The van der Waals surface area contributed by atoms with Crippen molar-refractivity contribution in [3.05, 3.63) is 27.8 Å². The number of aromatic hydroxyl groups is 1. The van der Waals surface area contributed by atoms with E-state index in [1.165, 1.54) is 0 Å². The van der Waals surface area contributed by atoms with E-state index in [0.29, 0.717) is 18.4 Å². The number of carboxylic acids is 1. The lowest BCUT2D eigenvalue weighted by molar-refractivity contribution is -0.145. The molecule has 104 valence electrons. The van der Waals surface area contributed by atoms with Crippen LogP contribution in [0.5, 0.6) is 5.75 Å². The smallest absolute Gasteiger partial charge is 0.314 e. The van der Waals surface area contributed by atoms with E-state index in [4.69, 9.17) is 11.6 Å². The average molecular weight is 283 g/mol. The van der Waals surface area contributed by atoms with Crippen LogP contribution in [0, 0.1) is 13.8 Å². The molecule has 0 unspecified atom stereocenters. The average Bonchev–Trinajstić information content (AvgIpc) is 2.41. The van der Waals surface area contributed by atoms with Gasteiger partial charge in [0.25, 0.3) is 0 Å². The number of hydrogen-bond acceptors (Lipinski definition) is 2. The third kappa shape index (κ3) is 2.20. The van der Waals surface area contributed by atoms with Crippen LogP contribution in [-0.2, 0) is 10.2 Å². The number of aliphatic carboxylic acids is 1. The second-order valence-electron chi connectivity index (χ2n) is 5.48. The first-order chi connectivity index (χ1) is 8.90. The van der Waals surface area contributed by atoms with Crippen molar-refractivity contribution < 1.29 is 15.0 Å². The van der Waals surface area contributed by atoms with Gasteiger partial charge < -0.3 is 10.2 Å². The summed E-state index contributed by atoms with van der Waals surface area (Å²) in [5.74, 6) is -0.920. The summed E-state index contributed by atoms with van der Waals surface area (Å²) in [6.45, 7) is 3.72. The van der Waals surface area contributed by atoms with E-state index in [-0.39, 0.29) is 10.8 Å². The number of halogens is 1. The molecule has 0 heterocycles. The molecule has 0 bridgehead atoms. The summed E-state index contributed by atoms with van der Waals surface area (Å²) in [7, 11) is 0. The Labute approximate surface area is 118 Å². The minimum atomic E-state index is -0.982. The molecule has 0 radical (unpaired) electrons. The van der Waals surface area contributed by atoms with Crippen LogP contribution in [0.2, 0.25) is 5.02 Å². The van der Waals surface area contributed by atoms with Crippen molar-refractivity contribution in [2.75, 3.05) is 0 Å². The van der Waals surface area contributed by atoms with Crippen LogP contribution in [0.25, 0.3) is 0 Å². The number of phenolic OH excluding ortho intramolecular Hbond substituents is 1. The second-order valence-corrected chi connectivity index (χ2v) is 5.85. The summed E-state index contributed by atoms with van der Waals surface area (Å²) in [6.07, 6.45) is 3.92. The molecule has 2 rings (SSSR count). The molecule has 0 amide bonds. The Morgan fingerprint density at radius 3 is 2.37 bits per heavy atom. The summed E-state index contributed by atoms with van der Waals surface area (Å²) in [4.78, 5) is 11.8. The van der Waals surface area contributed by atoms with Crippen molar-refractivity contribution in [3.8, 4) is 5.75 Å². The largest absolute Gasteiger partial charge is 0.506 e. The lowest BCUT2D eigenvalue weighted by Crippen LogP contribution is -2.38. The highest BCUT2D eigenvalue weighted by atomic mass is 35.5. The van der Waals surface area contributed by atoms with Gasteiger partial charge in [0.2, 0.25) is 0 Å². The zero-order chi connectivity index (χ0) is 14.2. The highest BCUT2D eigenvalue weighted by molar-refractivity contribution is 6.33. The standard InChI is InChI=1S/C15H19ClO3/c1-9-8-11(13(17)12(16)10(9)2)15(14(18)19)6-4-3-5-7-15/h8,17H,3-7H2,1-2H3,(H,18,19). The van der Waals surface area contributed by atoms with Gasteiger partial charge in [-0.25, -0.2) is 0 Å². The zero-order valence-electron chi connectivity index (χ0n) is 11.3. The fourth-order valence-electron chi connectivity index (χ4n) is 2.98. The first kappa shape index (κ1) is 14.2. The van der Waals surface area contributed by atoms with Crippen molar-refractivity contribution in [2.45, 2.75) is 51.4 Å². The number of rotatable bonds is 2. The Balaban J connectivity index is 2.64. The molecule has 3 nitrogen and oxygen atoms in total. The Hall–Kier alpha value is -1.22. The maximum absolute atomic E-state index is 11.8. The maximum atomic E-state index is 11.8. The summed E-state index contributed by atoms with van der Waals surface area (Å²) >= 11 is 6.13. The van der Waals surface area contributed by atoms with Crippen molar-refractivity contribution in [3.63, 3.8) is 0 Å². The van der Waals surface area contributed by atoms with Crippen molar-refractivity contribution in [1.82, 2.24) is 0 Å². The molecule has 2 N–H and O–H groups in total. The predicted molar refractivity (Wildman–Crippen MR) is 75.0 cm³/mol. The van der Waals surface area contributed by atoms with Crippen molar-refractivity contribution in [1.29, 1.82) is 0 Å². The van der Waals surface area contributed by atoms with Gasteiger partial charge in [-0.3, -0.25) is 4.79 Å². The first-order valence-corrected chi connectivity index (χ1v) is 7.00. The molecule has 0 atom stereocenters. The third-order valence-corrected chi connectivity index (χ3v) is 4.84. The summed E-state index contributed by atoms with van der Waals surface area (Å²) in [5.41, 5.74) is 1.22. The molecular weight excluding hydrogens is 264 g/mol. The molecule has 1 aliphatic carbocycles. The van der Waals surface area contributed by atoms with E-state index in [1.54, 1.807) is 6.07 Å². The van der Waals surface area contributed by atoms with Gasteiger partial charge in [-0.2, -0.15) is 0 Å². The second kappa shape index (κ2) is 5.04. The molecule has 0 saturated heterocycles. The topological polar surface area (TPSA) is 57.5 Å². The summed E-state index contributed by atoms with van der Waals surface area (Å²) in [6, 6.07) is 1.79. The van der Waals surface area contributed by atoms with E-state index >= 15 is 0 Å². The quantitative estimate of drug-likeness (QED) is 0.863. The Morgan fingerprint density at radius 2 is 1.84 bits per heavy atom. The lowest BCUT2D eigenvalue weighted by atomic mass is 9.68. The van der Waals surface area contributed by atoms with E-state index in [2.05, 4.69) is 0 Å². The lowest BCUT2D eigenvalue weighted by Gasteiger charge is -2.34. The minimum Gasteiger partial charge on any atom is -0.506 e. The SMILES string of the molecule is Cc1cc(C2(C(=O)O)CCCCC2)c(O)c(Cl)c1C. The third-order valence-electron chi connectivity index (χ3n) is 4.38. The fraction of sp³-hybridized carbons (Fsp3) is 0.533. The van der Waals surface area contributed by atoms with Crippen LogP contribution in [0.1, 0.15) is 48.8 Å². The number of hydrogen-bond donors (Lipinski definition) is 2. The molecule has 0 aromatic heterocycles. The number of aryl methyl sites for hydroxylation is 1.